The van der Waals surface area contributed by atoms with Crippen molar-refractivity contribution < 1.29 is 9.47 Å². The Morgan fingerprint density at radius 1 is 1.25 bits per heavy atom. The largest absolute Gasteiger partial charge is 0.490 e. The quantitative estimate of drug-likeness (QED) is 0.832. The standard InChI is InChI=1S/C14H24N4O2/c1-4-15-12-11(19-3)13(18-10-17-12)16-9-14(2)5-7-20-8-6-14/h10H,4-9H2,1-3H3,(H2,15,16,17,18). The minimum Gasteiger partial charge on any atom is -0.490 e. The van der Waals surface area contributed by atoms with Crippen LogP contribution in [0.1, 0.15) is 26.7 Å². The maximum atomic E-state index is 5.43. The number of anilines is 2. The van der Waals surface area contributed by atoms with Gasteiger partial charge < -0.3 is 20.1 Å². The molecule has 0 atom stereocenters. The highest BCUT2D eigenvalue weighted by Crippen LogP contribution is 2.33. The van der Waals surface area contributed by atoms with Gasteiger partial charge in [0.05, 0.1) is 7.11 Å². The van der Waals surface area contributed by atoms with Crippen molar-refractivity contribution in [2.24, 2.45) is 5.41 Å². The Balaban J connectivity index is 2.06. The third kappa shape index (κ3) is 3.50. The summed E-state index contributed by atoms with van der Waals surface area (Å²) in [7, 11) is 1.64. The van der Waals surface area contributed by atoms with E-state index < -0.39 is 0 Å². The fourth-order valence-electron chi connectivity index (χ4n) is 2.32. The smallest absolute Gasteiger partial charge is 0.204 e. The SMILES string of the molecule is CCNc1ncnc(NCC2(C)CCOCC2)c1OC. The molecule has 20 heavy (non-hydrogen) atoms. The average molecular weight is 280 g/mol. The van der Waals surface area contributed by atoms with Gasteiger partial charge in [-0.05, 0) is 25.2 Å². The molecule has 1 aliphatic rings. The number of aromatic nitrogens is 2. The summed E-state index contributed by atoms with van der Waals surface area (Å²) in [5.74, 6) is 2.14. The lowest BCUT2D eigenvalue weighted by Crippen LogP contribution is -2.33. The first-order valence-electron chi connectivity index (χ1n) is 7.13. The van der Waals surface area contributed by atoms with Gasteiger partial charge in [-0.1, -0.05) is 6.92 Å². The van der Waals surface area contributed by atoms with Crippen molar-refractivity contribution in [2.75, 3.05) is 44.0 Å². The Morgan fingerprint density at radius 2 is 1.90 bits per heavy atom. The summed E-state index contributed by atoms with van der Waals surface area (Å²) in [4.78, 5) is 8.49. The van der Waals surface area contributed by atoms with Crippen LogP contribution in [-0.2, 0) is 4.74 Å². The van der Waals surface area contributed by atoms with Gasteiger partial charge in [-0.2, -0.15) is 0 Å². The molecule has 1 saturated heterocycles. The minimum atomic E-state index is 0.243. The van der Waals surface area contributed by atoms with E-state index in [0.717, 1.165) is 50.8 Å². The number of hydrogen-bond acceptors (Lipinski definition) is 6. The van der Waals surface area contributed by atoms with Gasteiger partial charge in [-0.3, -0.25) is 0 Å². The molecule has 2 N–H and O–H groups in total. The first-order chi connectivity index (χ1) is 9.68. The van der Waals surface area contributed by atoms with Crippen molar-refractivity contribution in [2.45, 2.75) is 26.7 Å². The third-order valence-electron chi connectivity index (χ3n) is 3.73. The van der Waals surface area contributed by atoms with Gasteiger partial charge in [0.1, 0.15) is 6.33 Å². The molecule has 2 rings (SSSR count). The maximum absolute atomic E-state index is 5.43. The summed E-state index contributed by atoms with van der Waals surface area (Å²) in [5, 5.41) is 6.58. The molecule has 0 amide bonds. The van der Waals surface area contributed by atoms with Crippen molar-refractivity contribution in [1.29, 1.82) is 0 Å². The molecule has 1 aliphatic heterocycles. The molecule has 1 aromatic heterocycles. The van der Waals surface area contributed by atoms with Gasteiger partial charge in [0.2, 0.25) is 5.75 Å². The van der Waals surface area contributed by atoms with Gasteiger partial charge in [-0.25, -0.2) is 9.97 Å². The average Bonchev–Trinajstić information content (AvgIpc) is 2.46. The van der Waals surface area contributed by atoms with Crippen LogP contribution in [0.15, 0.2) is 6.33 Å². The second kappa shape index (κ2) is 6.74. The minimum absolute atomic E-state index is 0.243. The number of nitrogens with zero attached hydrogens (tertiary/aromatic N) is 2. The van der Waals surface area contributed by atoms with E-state index in [-0.39, 0.29) is 5.41 Å². The van der Waals surface area contributed by atoms with Crippen LogP contribution in [0.2, 0.25) is 0 Å². The molecule has 0 bridgehead atoms. The molecule has 0 spiro atoms. The van der Waals surface area contributed by atoms with Crippen molar-refractivity contribution in [1.82, 2.24) is 9.97 Å². The van der Waals surface area contributed by atoms with Gasteiger partial charge in [0.25, 0.3) is 0 Å². The number of ether oxygens (including phenoxy) is 2. The number of hydrogen-bond donors (Lipinski definition) is 2. The maximum Gasteiger partial charge on any atom is 0.204 e. The van der Waals surface area contributed by atoms with Crippen LogP contribution in [-0.4, -0.2) is 43.4 Å². The van der Waals surface area contributed by atoms with Crippen LogP contribution < -0.4 is 15.4 Å². The molecular weight excluding hydrogens is 256 g/mol. The molecule has 112 valence electrons. The zero-order valence-corrected chi connectivity index (χ0v) is 12.5. The van der Waals surface area contributed by atoms with Crippen LogP contribution >= 0.6 is 0 Å². The summed E-state index contributed by atoms with van der Waals surface area (Å²) in [6.07, 6.45) is 3.68. The van der Waals surface area contributed by atoms with E-state index in [0.29, 0.717) is 5.75 Å². The van der Waals surface area contributed by atoms with E-state index in [1.807, 2.05) is 6.92 Å². The Hall–Kier alpha value is -1.56. The van der Waals surface area contributed by atoms with Crippen LogP contribution in [0.5, 0.6) is 5.75 Å². The highest BCUT2D eigenvalue weighted by Gasteiger charge is 2.27. The van der Waals surface area contributed by atoms with E-state index in [2.05, 4.69) is 27.5 Å². The normalized spacial score (nSPS) is 17.6. The van der Waals surface area contributed by atoms with Gasteiger partial charge in [0, 0.05) is 26.3 Å². The fourth-order valence-corrected chi connectivity index (χ4v) is 2.32. The highest BCUT2D eigenvalue weighted by molar-refractivity contribution is 5.63. The van der Waals surface area contributed by atoms with E-state index in [1.165, 1.54) is 0 Å². The molecule has 0 radical (unpaired) electrons. The lowest BCUT2D eigenvalue weighted by Gasteiger charge is -2.33. The molecule has 0 saturated carbocycles. The number of methoxy groups -OCH3 is 1. The summed E-state index contributed by atoms with van der Waals surface area (Å²) < 4.78 is 10.9. The van der Waals surface area contributed by atoms with E-state index in [1.54, 1.807) is 13.4 Å². The number of rotatable bonds is 6. The fraction of sp³-hybridized carbons (Fsp3) is 0.714. The predicted molar refractivity (Wildman–Crippen MR) is 79.4 cm³/mol. The molecule has 1 aromatic rings. The van der Waals surface area contributed by atoms with Crippen LogP contribution in [0.25, 0.3) is 0 Å². The Bertz CT molecular complexity index is 433. The molecule has 0 aromatic carbocycles. The summed E-state index contributed by atoms with van der Waals surface area (Å²) in [6, 6.07) is 0. The Kier molecular flexibility index (Phi) is 5.00. The van der Waals surface area contributed by atoms with Crippen molar-refractivity contribution in [3.63, 3.8) is 0 Å². The van der Waals surface area contributed by atoms with Crippen LogP contribution in [0.4, 0.5) is 11.6 Å². The van der Waals surface area contributed by atoms with E-state index in [4.69, 9.17) is 9.47 Å². The highest BCUT2D eigenvalue weighted by atomic mass is 16.5. The molecule has 6 nitrogen and oxygen atoms in total. The number of nitrogens with one attached hydrogen (secondary N) is 2. The topological polar surface area (TPSA) is 68.3 Å². The van der Waals surface area contributed by atoms with Crippen molar-refractivity contribution in [3.05, 3.63) is 6.33 Å². The molecule has 6 heteroatoms. The molecule has 0 aliphatic carbocycles. The van der Waals surface area contributed by atoms with E-state index >= 15 is 0 Å². The summed E-state index contributed by atoms with van der Waals surface area (Å²) >= 11 is 0. The zero-order valence-electron chi connectivity index (χ0n) is 12.5. The first kappa shape index (κ1) is 14.8. The van der Waals surface area contributed by atoms with Crippen molar-refractivity contribution >= 4 is 11.6 Å². The molecule has 1 fully saturated rings. The van der Waals surface area contributed by atoms with Gasteiger partial charge >= 0.3 is 0 Å². The molecular formula is C14H24N4O2. The van der Waals surface area contributed by atoms with Gasteiger partial charge in [-0.15, -0.1) is 0 Å². The molecule has 2 heterocycles. The zero-order chi connectivity index (χ0) is 14.4. The van der Waals surface area contributed by atoms with Crippen LogP contribution in [0.3, 0.4) is 0 Å². The van der Waals surface area contributed by atoms with Gasteiger partial charge in [0.15, 0.2) is 11.6 Å². The van der Waals surface area contributed by atoms with Crippen molar-refractivity contribution in [3.8, 4) is 5.75 Å². The summed E-state index contributed by atoms with van der Waals surface area (Å²) in [6.45, 7) is 7.62. The predicted octanol–water partition coefficient (Wildman–Crippen LogP) is 2.15. The summed E-state index contributed by atoms with van der Waals surface area (Å²) in [5.41, 5.74) is 0.243. The van der Waals surface area contributed by atoms with Crippen LogP contribution in [0, 0.1) is 5.41 Å². The van der Waals surface area contributed by atoms with E-state index in [9.17, 15) is 0 Å². The Labute approximate surface area is 120 Å². The second-order valence-corrected chi connectivity index (χ2v) is 5.41. The first-order valence-corrected chi connectivity index (χ1v) is 7.13. The second-order valence-electron chi connectivity index (χ2n) is 5.41. The lowest BCUT2D eigenvalue weighted by atomic mass is 9.82. The Morgan fingerprint density at radius 3 is 2.50 bits per heavy atom. The third-order valence-corrected chi connectivity index (χ3v) is 3.73. The molecule has 0 unspecified atom stereocenters. The lowest BCUT2D eigenvalue weighted by molar-refractivity contribution is 0.0299. The monoisotopic (exact) mass is 280 g/mol.